The first kappa shape index (κ1) is 15.3. The van der Waals surface area contributed by atoms with Crippen LogP contribution in [0.1, 0.15) is 76.0 Å². The molecule has 18 heavy (non-hydrogen) atoms. The maximum atomic E-state index is 2.48. The predicted octanol–water partition coefficient (Wildman–Crippen LogP) is 5.71. The summed E-state index contributed by atoms with van der Waals surface area (Å²) >= 11 is 0. The van der Waals surface area contributed by atoms with Crippen molar-refractivity contribution in [1.29, 1.82) is 0 Å². The number of unbranched alkanes of at least 4 members (excludes halogenated alkanes) is 3. The topological polar surface area (TPSA) is 0 Å². The summed E-state index contributed by atoms with van der Waals surface area (Å²) in [6, 6.07) is 7.23. The van der Waals surface area contributed by atoms with Gasteiger partial charge in [0.15, 0.2) is 0 Å². The fourth-order valence-electron chi connectivity index (χ4n) is 2.43. The summed E-state index contributed by atoms with van der Waals surface area (Å²) in [6.45, 7) is 6.83. The number of benzene rings is 1. The van der Waals surface area contributed by atoms with Crippen molar-refractivity contribution in [3.63, 3.8) is 0 Å². The fourth-order valence-corrected chi connectivity index (χ4v) is 2.43. The lowest BCUT2D eigenvalue weighted by Gasteiger charge is -2.11. The lowest BCUT2D eigenvalue weighted by molar-refractivity contribution is 0.751. The average molecular weight is 246 g/mol. The molecule has 0 heteroatoms. The third-order valence-corrected chi connectivity index (χ3v) is 3.69. The standard InChI is InChI=1S/C18H30/c1-4-7-10-16-13-14-17(11-8-5-2)18(15-16)12-9-6-3/h13-15H,4-12H2,1-3H3. The fraction of sp³-hybridized carbons (Fsp3) is 0.667. The van der Waals surface area contributed by atoms with Crippen molar-refractivity contribution < 1.29 is 0 Å². The largest absolute Gasteiger partial charge is 0.0654 e. The lowest BCUT2D eigenvalue weighted by atomic mass is 9.94. The monoisotopic (exact) mass is 246 g/mol. The molecular weight excluding hydrogens is 216 g/mol. The van der Waals surface area contributed by atoms with Crippen LogP contribution in [0.2, 0.25) is 0 Å². The summed E-state index contributed by atoms with van der Waals surface area (Å²) in [5.41, 5.74) is 4.77. The Morgan fingerprint density at radius 2 is 1.22 bits per heavy atom. The minimum atomic E-state index is 1.25. The van der Waals surface area contributed by atoms with E-state index in [-0.39, 0.29) is 0 Å². The summed E-state index contributed by atoms with van der Waals surface area (Å²) in [5, 5.41) is 0. The van der Waals surface area contributed by atoms with Gasteiger partial charge in [-0.05, 0) is 55.2 Å². The van der Waals surface area contributed by atoms with Crippen LogP contribution >= 0.6 is 0 Å². The van der Waals surface area contributed by atoms with Crippen LogP contribution in [0.4, 0.5) is 0 Å². The Kier molecular flexibility index (Phi) is 7.80. The molecule has 1 aromatic carbocycles. The molecule has 0 fully saturated rings. The highest BCUT2D eigenvalue weighted by atomic mass is 14.1. The van der Waals surface area contributed by atoms with Gasteiger partial charge in [0, 0.05) is 0 Å². The molecule has 0 nitrogen and oxygen atoms in total. The first-order valence-corrected chi connectivity index (χ1v) is 7.92. The van der Waals surface area contributed by atoms with Crippen LogP contribution in [-0.4, -0.2) is 0 Å². The summed E-state index contributed by atoms with van der Waals surface area (Å²) in [5.74, 6) is 0. The second-order valence-electron chi connectivity index (χ2n) is 5.41. The number of hydrogen-bond donors (Lipinski definition) is 0. The first-order chi connectivity index (χ1) is 8.81. The van der Waals surface area contributed by atoms with Gasteiger partial charge in [0.05, 0.1) is 0 Å². The van der Waals surface area contributed by atoms with Crippen molar-refractivity contribution in [2.45, 2.75) is 78.6 Å². The highest BCUT2D eigenvalue weighted by molar-refractivity contribution is 5.32. The Morgan fingerprint density at radius 1 is 0.667 bits per heavy atom. The van der Waals surface area contributed by atoms with Crippen molar-refractivity contribution in [1.82, 2.24) is 0 Å². The zero-order valence-electron chi connectivity index (χ0n) is 12.6. The summed E-state index contributed by atoms with van der Waals surface area (Å²) in [4.78, 5) is 0. The van der Waals surface area contributed by atoms with Gasteiger partial charge in [0.25, 0.3) is 0 Å². The van der Waals surface area contributed by atoms with Crippen LogP contribution in [0.5, 0.6) is 0 Å². The molecule has 1 rings (SSSR count). The summed E-state index contributed by atoms with van der Waals surface area (Å²) in [7, 11) is 0. The van der Waals surface area contributed by atoms with Crippen molar-refractivity contribution in [3.8, 4) is 0 Å². The zero-order chi connectivity index (χ0) is 13.2. The maximum absolute atomic E-state index is 2.48. The van der Waals surface area contributed by atoms with E-state index in [4.69, 9.17) is 0 Å². The molecule has 0 saturated carbocycles. The van der Waals surface area contributed by atoms with E-state index in [0.717, 1.165) is 0 Å². The zero-order valence-corrected chi connectivity index (χ0v) is 12.6. The van der Waals surface area contributed by atoms with Gasteiger partial charge >= 0.3 is 0 Å². The minimum absolute atomic E-state index is 1.25. The van der Waals surface area contributed by atoms with Crippen molar-refractivity contribution >= 4 is 0 Å². The number of aryl methyl sites for hydroxylation is 3. The highest BCUT2D eigenvalue weighted by Crippen LogP contribution is 2.18. The smallest absolute Gasteiger partial charge is 0.0276 e. The summed E-state index contributed by atoms with van der Waals surface area (Å²) < 4.78 is 0. The van der Waals surface area contributed by atoms with Gasteiger partial charge in [-0.15, -0.1) is 0 Å². The van der Waals surface area contributed by atoms with E-state index in [0.29, 0.717) is 0 Å². The molecular formula is C18H30. The quantitative estimate of drug-likeness (QED) is 0.523. The van der Waals surface area contributed by atoms with Crippen molar-refractivity contribution in [2.75, 3.05) is 0 Å². The predicted molar refractivity (Wildman–Crippen MR) is 82.3 cm³/mol. The van der Waals surface area contributed by atoms with E-state index in [9.17, 15) is 0 Å². The van der Waals surface area contributed by atoms with E-state index in [1.54, 1.807) is 16.7 Å². The molecule has 0 amide bonds. The first-order valence-electron chi connectivity index (χ1n) is 7.92. The lowest BCUT2D eigenvalue weighted by Crippen LogP contribution is -1.97. The third kappa shape index (κ3) is 5.25. The molecule has 0 atom stereocenters. The summed E-state index contributed by atoms with van der Waals surface area (Å²) in [6.07, 6.45) is 11.7. The van der Waals surface area contributed by atoms with Crippen LogP contribution in [0.15, 0.2) is 18.2 Å². The Bertz CT molecular complexity index is 325. The molecule has 0 aliphatic rings. The van der Waals surface area contributed by atoms with Crippen LogP contribution < -0.4 is 0 Å². The average Bonchev–Trinajstić information content (AvgIpc) is 2.41. The molecule has 0 N–H and O–H groups in total. The van der Waals surface area contributed by atoms with Gasteiger partial charge in [-0.2, -0.15) is 0 Å². The second-order valence-corrected chi connectivity index (χ2v) is 5.41. The van der Waals surface area contributed by atoms with Gasteiger partial charge in [0.1, 0.15) is 0 Å². The third-order valence-electron chi connectivity index (χ3n) is 3.69. The Hall–Kier alpha value is -0.780. The molecule has 0 spiro atoms. The van der Waals surface area contributed by atoms with E-state index < -0.39 is 0 Å². The van der Waals surface area contributed by atoms with E-state index in [1.165, 1.54) is 57.8 Å². The van der Waals surface area contributed by atoms with E-state index >= 15 is 0 Å². The maximum Gasteiger partial charge on any atom is -0.0276 e. The Labute approximate surface area is 114 Å². The molecule has 0 unspecified atom stereocenters. The minimum Gasteiger partial charge on any atom is -0.0654 e. The van der Waals surface area contributed by atoms with Gasteiger partial charge in [0.2, 0.25) is 0 Å². The van der Waals surface area contributed by atoms with Crippen LogP contribution in [0, 0.1) is 0 Å². The van der Waals surface area contributed by atoms with Gasteiger partial charge < -0.3 is 0 Å². The molecule has 0 heterocycles. The molecule has 0 aliphatic heterocycles. The van der Waals surface area contributed by atoms with E-state index in [1.807, 2.05) is 0 Å². The molecule has 0 aliphatic carbocycles. The van der Waals surface area contributed by atoms with Crippen LogP contribution in [-0.2, 0) is 19.3 Å². The molecule has 0 bridgehead atoms. The second kappa shape index (κ2) is 9.19. The molecule has 0 radical (unpaired) electrons. The van der Waals surface area contributed by atoms with Crippen LogP contribution in [0.3, 0.4) is 0 Å². The normalized spacial score (nSPS) is 10.8. The van der Waals surface area contributed by atoms with Gasteiger partial charge in [-0.25, -0.2) is 0 Å². The molecule has 0 saturated heterocycles. The van der Waals surface area contributed by atoms with Crippen LogP contribution in [0.25, 0.3) is 0 Å². The molecule has 0 aromatic heterocycles. The van der Waals surface area contributed by atoms with Gasteiger partial charge in [-0.3, -0.25) is 0 Å². The van der Waals surface area contributed by atoms with Crippen molar-refractivity contribution in [3.05, 3.63) is 34.9 Å². The van der Waals surface area contributed by atoms with Crippen molar-refractivity contribution in [2.24, 2.45) is 0 Å². The highest BCUT2D eigenvalue weighted by Gasteiger charge is 2.04. The number of rotatable bonds is 9. The number of hydrogen-bond acceptors (Lipinski definition) is 0. The Balaban J connectivity index is 2.74. The van der Waals surface area contributed by atoms with E-state index in [2.05, 4.69) is 39.0 Å². The molecule has 102 valence electrons. The SMILES string of the molecule is CCCCc1ccc(CCCC)c(CCCC)c1. The van der Waals surface area contributed by atoms with Gasteiger partial charge in [-0.1, -0.05) is 58.2 Å². The Morgan fingerprint density at radius 3 is 1.83 bits per heavy atom. The molecule has 1 aromatic rings.